The van der Waals surface area contributed by atoms with Gasteiger partial charge in [-0.3, -0.25) is 4.79 Å². The summed E-state index contributed by atoms with van der Waals surface area (Å²) in [5.41, 5.74) is 0.755. The average molecular weight is 335 g/mol. The van der Waals surface area contributed by atoms with Gasteiger partial charge in [-0.25, -0.2) is 4.79 Å². The van der Waals surface area contributed by atoms with E-state index in [1.165, 1.54) is 13.2 Å². The zero-order chi connectivity index (χ0) is 17.9. The van der Waals surface area contributed by atoms with E-state index in [1.807, 2.05) is 13.8 Å². The summed E-state index contributed by atoms with van der Waals surface area (Å²) in [5, 5.41) is 2.77. The number of ether oxygens (including phenoxy) is 3. The number of benzene rings is 1. The molecule has 1 aromatic rings. The van der Waals surface area contributed by atoms with Gasteiger partial charge in [0.2, 0.25) is 0 Å². The van der Waals surface area contributed by atoms with Crippen LogP contribution in [0.1, 0.15) is 32.3 Å². The van der Waals surface area contributed by atoms with E-state index in [2.05, 4.69) is 5.32 Å². The quantitative estimate of drug-likeness (QED) is 0.554. The number of carbonyl (C=O) groups is 2. The van der Waals surface area contributed by atoms with Crippen molar-refractivity contribution in [3.8, 4) is 11.5 Å². The SMILES string of the molecule is CCC[C@@H](C)NC(=O)COC(=O)/C=C/c1ccc(OC)c(OC)c1. The molecule has 6 heteroatoms. The first kappa shape index (κ1) is 19.5. The fourth-order valence-corrected chi connectivity index (χ4v) is 2.13. The van der Waals surface area contributed by atoms with Gasteiger partial charge in [-0.05, 0) is 37.1 Å². The molecule has 0 spiro atoms. The fourth-order valence-electron chi connectivity index (χ4n) is 2.13. The summed E-state index contributed by atoms with van der Waals surface area (Å²) < 4.78 is 15.2. The molecule has 0 unspecified atom stereocenters. The molecular weight excluding hydrogens is 310 g/mol. The number of amides is 1. The second kappa shape index (κ2) is 10.3. The van der Waals surface area contributed by atoms with E-state index in [9.17, 15) is 9.59 Å². The summed E-state index contributed by atoms with van der Waals surface area (Å²) >= 11 is 0. The van der Waals surface area contributed by atoms with Gasteiger partial charge in [0.15, 0.2) is 18.1 Å². The Morgan fingerprint density at radius 2 is 1.92 bits per heavy atom. The minimum Gasteiger partial charge on any atom is -0.493 e. The van der Waals surface area contributed by atoms with Crippen molar-refractivity contribution < 1.29 is 23.8 Å². The van der Waals surface area contributed by atoms with Crippen LogP contribution in [-0.2, 0) is 14.3 Å². The standard InChI is InChI=1S/C18H25NO5/c1-5-6-13(2)19-17(20)12-24-18(21)10-8-14-7-9-15(22-3)16(11-14)23-4/h7-11,13H,5-6,12H2,1-4H3,(H,19,20)/b10-8+/t13-/m1/s1. The van der Waals surface area contributed by atoms with Crippen LogP contribution < -0.4 is 14.8 Å². The molecule has 1 rings (SSSR count). The molecule has 0 aliphatic rings. The van der Waals surface area contributed by atoms with E-state index in [1.54, 1.807) is 31.4 Å². The second-order valence-electron chi connectivity index (χ2n) is 5.31. The first-order chi connectivity index (χ1) is 11.5. The Bertz CT molecular complexity index is 583. The Balaban J connectivity index is 2.50. The van der Waals surface area contributed by atoms with Crippen molar-refractivity contribution >= 4 is 18.0 Å². The van der Waals surface area contributed by atoms with Crippen LogP contribution in [0.3, 0.4) is 0 Å². The zero-order valence-electron chi connectivity index (χ0n) is 14.6. The maximum Gasteiger partial charge on any atom is 0.331 e. The van der Waals surface area contributed by atoms with Crippen molar-refractivity contribution in [3.63, 3.8) is 0 Å². The van der Waals surface area contributed by atoms with E-state index in [0.717, 1.165) is 18.4 Å². The normalized spacial score (nSPS) is 11.8. The molecule has 0 aromatic heterocycles. The molecule has 0 radical (unpaired) electrons. The van der Waals surface area contributed by atoms with E-state index in [0.29, 0.717) is 11.5 Å². The van der Waals surface area contributed by atoms with Crippen molar-refractivity contribution in [2.24, 2.45) is 0 Å². The van der Waals surface area contributed by atoms with Crippen LogP contribution in [-0.4, -0.2) is 38.7 Å². The molecule has 0 saturated heterocycles. The zero-order valence-corrected chi connectivity index (χ0v) is 14.6. The number of carbonyl (C=O) groups excluding carboxylic acids is 2. The molecule has 1 aromatic carbocycles. The van der Waals surface area contributed by atoms with Gasteiger partial charge in [0.05, 0.1) is 14.2 Å². The molecular formula is C18H25NO5. The number of methoxy groups -OCH3 is 2. The summed E-state index contributed by atoms with van der Waals surface area (Å²) in [6.45, 7) is 3.67. The molecule has 0 aliphatic carbocycles. The molecule has 24 heavy (non-hydrogen) atoms. The minimum absolute atomic E-state index is 0.0727. The lowest BCUT2D eigenvalue weighted by Crippen LogP contribution is -2.35. The van der Waals surface area contributed by atoms with E-state index >= 15 is 0 Å². The molecule has 0 aliphatic heterocycles. The molecule has 1 atom stereocenters. The number of hydrogen-bond donors (Lipinski definition) is 1. The molecule has 6 nitrogen and oxygen atoms in total. The molecule has 0 fully saturated rings. The number of nitrogens with one attached hydrogen (secondary N) is 1. The van der Waals surface area contributed by atoms with Crippen molar-refractivity contribution in [3.05, 3.63) is 29.8 Å². The Labute approximate surface area is 142 Å². The first-order valence-electron chi connectivity index (χ1n) is 7.86. The van der Waals surface area contributed by atoms with E-state index in [4.69, 9.17) is 14.2 Å². The number of esters is 1. The summed E-state index contributed by atoms with van der Waals surface area (Å²) in [7, 11) is 3.09. The first-order valence-corrected chi connectivity index (χ1v) is 7.86. The molecule has 1 amide bonds. The highest BCUT2D eigenvalue weighted by molar-refractivity contribution is 5.89. The smallest absolute Gasteiger partial charge is 0.331 e. The van der Waals surface area contributed by atoms with Crippen molar-refractivity contribution in [2.75, 3.05) is 20.8 Å². The van der Waals surface area contributed by atoms with Gasteiger partial charge in [0.1, 0.15) is 0 Å². The predicted molar refractivity (Wildman–Crippen MR) is 92.1 cm³/mol. The Morgan fingerprint density at radius 3 is 2.54 bits per heavy atom. The molecule has 0 saturated carbocycles. The van der Waals surface area contributed by atoms with Crippen LogP contribution in [0.25, 0.3) is 6.08 Å². The van der Waals surface area contributed by atoms with Crippen molar-refractivity contribution in [1.82, 2.24) is 5.32 Å². The van der Waals surface area contributed by atoms with Crippen LogP contribution in [0.15, 0.2) is 24.3 Å². The van der Waals surface area contributed by atoms with Crippen molar-refractivity contribution in [1.29, 1.82) is 0 Å². The van der Waals surface area contributed by atoms with Gasteiger partial charge in [-0.2, -0.15) is 0 Å². The van der Waals surface area contributed by atoms with Crippen molar-refractivity contribution in [2.45, 2.75) is 32.7 Å². The Morgan fingerprint density at radius 1 is 1.21 bits per heavy atom. The van der Waals surface area contributed by atoms with Crippen LogP contribution in [0, 0.1) is 0 Å². The largest absolute Gasteiger partial charge is 0.493 e. The summed E-state index contributed by atoms with van der Waals surface area (Å²) in [5.74, 6) is 0.291. The van der Waals surface area contributed by atoms with E-state index < -0.39 is 5.97 Å². The minimum atomic E-state index is -0.580. The highest BCUT2D eigenvalue weighted by atomic mass is 16.5. The third-order valence-corrected chi connectivity index (χ3v) is 3.29. The average Bonchev–Trinajstić information content (AvgIpc) is 2.57. The lowest BCUT2D eigenvalue weighted by atomic mass is 10.2. The summed E-state index contributed by atoms with van der Waals surface area (Å²) in [6, 6.07) is 5.34. The van der Waals surface area contributed by atoms with Gasteiger partial charge in [0, 0.05) is 12.1 Å². The number of hydrogen-bond acceptors (Lipinski definition) is 5. The van der Waals surface area contributed by atoms with Crippen LogP contribution in [0.5, 0.6) is 11.5 Å². The highest BCUT2D eigenvalue weighted by Crippen LogP contribution is 2.27. The third-order valence-electron chi connectivity index (χ3n) is 3.29. The molecule has 0 bridgehead atoms. The van der Waals surface area contributed by atoms with Gasteiger partial charge in [0.25, 0.3) is 5.91 Å². The Hall–Kier alpha value is -2.50. The summed E-state index contributed by atoms with van der Waals surface area (Å²) in [4.78, 5) is 23.3. The topological polar surface area (TPSA) is 73.9 Å². The van der Waals surface area contributed by atoms with Crippen LogP contribution in [0.2, 0.25) is 0 Å². The summed E-state index contributed by atoms with van der Waals surface area (Å²) in [6.07, 6.45) is 4.72. The van der Waals surface area contributed by atoms with Crippen LogP contribution >= 0.6 is 0 Å². The third kappa shape index (κ3) is 6.73. The molecule has 1 N–H and O–H groups in total. The maximum absolute atomic E-state index is 11.7. The van der Waals surface area contributed by atoms with Gasteiger partial charge in [-0.1, -0.05) is 19.4 Å². The maximum atomic E-state index is 11.7. The monoisotopic (exact) mass is 335 g/mol. The number of rotatable bonds is 9. The van der Waals surface area contributed by atoms with Crippen LogP contribution in [0.4, 0.5) is 0 Å². The lowest BCUT2D eigenvalue weighted by Gasteiger charge is -2.12. The Kier molecular flexibility index (Phi) is 8.39. The van der Waals surface area contributed by atoms with Gasteiger partial charge >= 0.3 is 5.97 Å². The second-order valence-corrected chi connectivity index (χ2v) is 5.31. The van der Waals surface area contributed by atoms with E-state index in [-0.39, 0.29) is 18.6 Å². The highest BCUT2D eigenvalue weighted by Gasteiger charge is 2.08. The fraction of sp³-hybridized carbons (Fsp3) is 0.444. The lowest BCUT2D eigenvalue weighted by molar-refractivity contribution is -0.144. The van der Waals surface area contributed by atoms with Gasteiger partial charge in [-0.15, -0.1) is 0 Å². The van der Waals surface area contributed by atoms with Gasteiger partial charge < -0.3 is 19.5 Å². The molecule has 132 valence electrons. The predicted octanol–water partition coefficient (Wildman–Crippen LogP) is 2.57. The molecule has 0 heterocycles.